The lowest BCUT2D eigenvalue weighted by Gasteiger charge is -2.30. The van der Waals surface area contributed by atoms with Gasteiger partial charge in [-0.1, -0.05) is 20.8 Å². The Morgan fingerprint density at radius 3 is 2.55 bits per heavy atom. The molecule has 0 radical (unpaired) electrons. The molecule has 1 aliphatic heterocycles. The molecule has 0 aromatic carbocycles. The highest BCUT2D eigenvalue weighted by Crippen LogP contribution is 2.23. The maximum Gasteiger partial charge on any atom is 0.323 e. The van der Waals surface area contributed by atoms with Crippen LogP contribution in [0.5, 0.6) is 0 Å². The quantitative estimate of drug-likeness (QED) is 0.745. The van der Waals surface area contributed by atoms with E-state index in [1.54, 1.807) is 0 Å². The van der Waals surface area contributed by atoms with Gasteiger partial charge < -0.3 is 15.3 Å². The average molecular weight is 284 g/mol. The van der Waals surface area contributed by atoms with Gasteiger partial charge in [-0.05, 0) is 43.7 Å². The molecule has 0 bridgehead atoms. The Bertz CT molecular complexity index is 325. The van der Waals surface area contributed by atoms with Crippen molar-refractivity contribution in [2.45, 2.75) is 40.0 Å². The van der Waals surface area contributed by atoms with Crippen LogP contribution >= 0.6 is 0 Å². The maximum atomic E-state index is 12.3. The van der Waals surface area contributed by atoms with Gasteiger partial charge >= 0.3 is 5.97 Å². The van der Waals surface area contributed by atoms with E-state index in [9.17, 15) is 9.59 Å². The van der Waals surface area contributed by atoms with Gasteiger partial charge in [0.15, 0.2) is 0 Å². The number of amides is 1. The summed E-state index contributed by atoms with van der Waals surface area (Å²) in [6.07, 6.45) is 2.77. The molecule has 1 aliphatic rings. The topological polar surface area (TPSA) is 69.6 Å². The maximum absolute atomic E-state index is 12.3. The molecule has 5 heteroatoms. The van der Waals surface area contributed by atoms with E-state index in [0.29, 0.717) is 24.8 Å². The summed E-state index contributed by atoms with van der Waals surface area (Å²) in [5, 5.41) is 12.3. The second-order valence-electron chi connectivity index (χ2n) is 6.35. The Balaban J connectivity index is 2.52. The Hall–Kier alpha value is -1.10. The van der Waals surface area contributed by atoms with Gasteiger partial charge in [0.1, 0.15) is 6.54 Å². The van der Waals surface area contributed by atoms with Crippen molar-refractivity contribution in [3.63, 3.8) is 0 Å². The number of piperidine rings is 1. The number of carboxylic acids is 1. The summed E-state index contributed by atoms with van der Waals surface area (Å²) in [7, 11) is 0. The van der Waals surface area contributed by atoms with E-state index < -0.39 is 5.97 Å². The number of carbonyl (C=O) groups is 2. The summed E-state index contributed by atoms with van der Waals surface area (Å²) in [6, 6.07) is 0. The third-order valence-corrected chi connectivity index (χ3v) is 3.90. The van der Waals surface area contributed by atoms with Gasteiger partial charge in [0.2, 0.25) is 5.91 Å². The van der Waals surface area contributed by atoms with Crippen molar-refractivity contribution < 1.29 is 14.7 Å². The van der Waals surface area contributed by atoms with Crippen LogP contribution in [0, 0.1) is 17.8 Å². The van der Waals surface area contributed by atoms with Crippen LogP contribution in [0.1, 0.15) is 40.0 Å². The van der Waals surface area contributed by atoms with E-state index in [-0.39, 0.29) is 18.4 Å². The molecule has 2 atom stereocenters. The minimum atomic E-state index is -0.939. The van der Waals surface area contributed by atoms with E-state index in [1.807, 2.05) is 13.8 Å². The molecule has 2 unspecified atom stereocenters. The number of aliphatic carboxylic acids is 1. The Morgan fingerprint density at radius 1 is 1.35 bits per heavy atom. The minimum absolute atomic E-state index is 0.0285. The van der Waals surface area contributed by atoms with Crippen molar-refractivity contribution in [3.8, 4) is 0 Å². The standard InChI is InChI=1S/C15H28N2O3/c1-11(2)9-17(10-15(19)20)14(18)7-12(3)13-5-4-6-16-8-13/h11-13,16H,4-10H2,1-3H3,(H,19,20). The van der Waals surface area contributed by atoms with Crippen molar-refractivity contribution in [1.82, 2.24) is 10.2 Å². The lowest BCUT2D eigenvalue weighted by atomic mass is 9.85. The lowest BCUT2D eigenvalue weighted by molar-refractivity contribution is -0.145. The monoisotopic (exact) mass is 284 g/mol. The summed E-state index contributed by atoms with van der Waals surface area (Å²) < 4.78 is 0. The zero-order valence-electron chi connectivity index (χ0n) is 12.9. The molecule has 1 rings (SSSR count). The van der Waals surface area contributed by atoms with E-state index in [0.717, 1.165) is 25.9 Å². The van der Waals surface area contributed by atoms with Crippen LogP contribution in [0.15, 0.2) is 0 Å². The van der Waals surface area contributed by atoms with Gasteiger partial charge in [-0.3, -0.25) is 9.59 Å². The van der Waals surface area contributed by atoms with E-state index in [1.165, 1.54) is 4.90 Å². The van der Waals surface area contributed by atoms with Crippen molar-refractivity contribution >= 4 is 11.9 Å². The highest BCUT2D eigenvalue weighted by molar-refractivity contribution is 5.81. The molecular weight excluding hydrogens is 256 g/mol. The molecule has 20 heavy (non-hydrogen) atoms. The molecule has 2 N–H and O–H groups in total. The first-order chi connectivity index (χ1) is 9.40. The third-order valence-electron chi connectivity index (χ3n) is 3.90. The molecule has 0 aliphatic carbocycles. The Labute approximate surface area is 121 Å². The molecule has 1 heterocycles. The Morgan fingerprint density at radius 2 is 2.05 bits per heavy atom. The molecule has 0 spiro atoms. The number of nitrogens with zero attached hydrogens (tertiary/aromatic N) is 1. The van der Waals surface area contributed by atoms with Crippen LogP contribution in [0.2, 0.25) is 0 Å². The van der Waals surface area contributed by atoms with E-state index >= 15 is 0 Å². The highest BCUT2D eigenvalue weighted by atomic mass is 16.4. The van der Waals surface area contributed by atoms with Crippen molar-refractivity contribution in [2.24, 2.45) is 17.8 Å². The third kappa shape index (κ3) is 5.90. The van der Waals surface area contributed by atoms with Crippen LogP contribution in [0.25, 0.3) is 0 Å². The van der Waals surface area contributed by atoms with Crippen LogP contribution in [-0.2, 0) is 9.59 Å². The first-order valence-electron chi connectivity index (χ1n) is 7.60. The lowest BCUT2D eigenvalue weighted by Crippen LogP contribution is -2.40. The van der Waals surface area contributed by atoms with Crippen molar-refractivity contribution in [3.05, 3.63) is 0 Å². The largest absolute Gasteiger partial charge is 0.480 e. The molecule has 0 saturated carbocycles. The molecule has 116 valence electrons. The normalized spacial score (nSPS) is 20.7. The second-order valence-corrected chi connectivity index (χ2v) is 6.35. The first kappa shape index (κ1) is 17.0. The van der Waals surface area contributed by atoms with Crippen molar-refractivity contribution in [2.75, 3.05) is 26.2 Å². The molecule has 1 fully saturated rings. The zero-order chi connectivity index (χ0) is 15.1. The smallest absolute Gasteiger partial charge is 0.323 e. The summed E-state index contributed by atoms with van der Waals surface area (Å²) >= 11 is 0. The highest BCUT2D eigenvalue weighted by Gasteiger charge is 2.25. The number of nitrogens with one attached hydrogen (secondary N) is 1. The number of carbonyl (C=O) groups excluding carboxylic acids is 1. The molecule has 1 amide bonds. The summed E-state index contributed by atoms with van der Waals surface area (Å²) in [4.78, 5) is 24.7. The number of hydrogen-bond donors (Lipinski definition) is 2. The summed E-state index contributed by atoms with van der Waals surface area (Å²) in [5.74, 6) is 0.146. The van der Waals surface area contributed by atoms with Crippen LogP contribution in [0.3, 0.4) is 0 Å². The number of hydrogen-bond acceptors (Lipinski definition) is 3. The van der Waals surface area contributed by atoms with Gasteiger partial charge in [-0.2, -0.15) is 0 Å². The van der Waals surface area contributed by atoms with Crippen molar-refractivity contribution in [1.29, 1.82) is 0 Å². The fourth-order valence-electron chi connectivity index (χ4n) is 2.79. The SMILES string of the molecule is CC(C)CN(CC(=O)O)C(=O)CC(C)C1CCCNC1. The van der Waals surface area contributed by atoms with Crippen LogP contribution in [0.4, 0.5) is 0 Å². The predicted octanol–water partition coefficient (Wildman–Crippen LogP) is 1.58. The van der Waals surface area contributed by atoms with Gasteiger partial charge in [-0.15, -0.1) is 0 Å². The summed E-state index contributed by atoms with van der Waals surface area (Å²) in [6.45, 7) is 8.46. The van der Waals surface area contributed by atoms with Gasteiger partial charge in [0.05, 0.1) is 0 Å². The zero-order valence-corrected chi connectivity index (χ0v) is 12.9. The van der Waals surface area contributed by atoms with Gasteiger partial charge in [0, 0.05) is 13.0 Å². The van der Waals surface area contributed by atoms with E-state index in [2.05, 4.69) is 12.2 Å². The number of carboxylic acid groups (broad SMARTS) is 1. The first-order valence-corrected chi connectivity index (χ1v) is 7.60. The molecule has 0 aromatic heterocycles. The van der Waals surface area contributed by atoms with E-state index in [4.69, 9.17) is 5.11 Å². The van der Waals surface area contributed by atoms with Crippen LogP contribution in [-0.4, -0.2) is 48.1 Å². The summed E-state index contributed by atoms with van der Waals surface area (Å²) in [5.41, 5.74) is 0. The Kier molecular flexibility index (Phi) is 6.99. The molecule has 5 nitrogen and oxygen atoms in total. The number of rotatable bonds is 7. The fourth-order valence-corrected chi connectivity index (χ4v) is 2.79. The van der Waals surface area contributed by atoms with Crippen LogP contribution < -0.4 is 5.32 Å². The minimum Gasteiger partial charge on any atom is -0.480 e. The fraction of sp³-hybridized carbons (Fsp3) is 0.867. The van der Waals surface area contributed by atoms with Gasteiger partial charge in [0.25, 0.3) is 0 Å². The average Bonchev–Trinajstić information content (AvgIpc) is 2.37. The van der Waals surface area contributed by atoms with Gasteiger partial charge in [-0.25, -0.2) is 0 Å². The second kappa shape index (κ2) is 8.25. The molecule has 1 saturated heterocycles. The predicted molar refractivity (Wildman–Crippen MR) is 78.4 cm³/mol. The molecular formula is C15H28N2O3. The molecule has 0 aromatic rings.